The van der Waals surface area contributed by atoms with Crippen molar-refractivity contribution in [1.29, 1.82) is 0 Å². The number of anilines is 1. The summed E-state index contributed by atoms with van der Waals surface area (Å²) in [6.45, 7) is 0.591. The summed E-state index contributed by atoms with van der Waals surface area (Å²) in [7, 11) is 1.88. The van der Waals surface area contributed by atoms with Crippen LogP contribution in [0.1, 0.15) is 12.0 Å². The van der Waals surface area contributed by atoms with E-state index in [9.17, 15) is 13.2 Å². The Morgan fingerprint density at radius 3 is 2.50 bits per heavy atom. The van der Waals surface area contributed by atoms with Gasteiger partial charge in [0.1, 0.15) is 5.82 Å². The normalized spacial score (nSPS) is 15.3. The average Bonchev–Trinajstić information content (AvgIpc) is 2.64. The Labute approximate surface area is 91.6 Å². The molecule has 16 heavy (non-hydrogen) atoms. The summed E-state index contributed by atoms with van der Waals surface area (Å²) in [5.41, 5.74) is 0.0165. The molecule has 5 heteroatoms. The summed E-state index contributed by atoms with van der Waals surface area (Å²) in [4.78, 5) is 3.68. The van der Waals surface area contributed by atoms with Gasteiger partial charge in [-0.3, -0.25) is 0 Å². The minimum Gasteiger partial charge on any atom is -0.361 e. The van der Waals surface area contributed by atoms with E-state index in [0.29, 0.717) is 12.4 Å². The number of hydrogen-bond acceptors (Lipinski definition) is 2. The van der Waals surface area contributed by atoms with Gasteiger partial charge < -0.3 is 9.80 Å². The minimum absolute atomic E-state index is 0.555. The van der Waals surface area contributed by atoms with Crippen LogP contribution in [0.25, 0.3) is 0 Å². The molecule has 2 nitrogen and oxygen atoms in total. The van der Waals surface area contributed by atoms with Gasteiger partial charge in [-0.05, 0) is 18.2 Å². The van der Waals surface area contributed by atoms with Crippen molar-refractivity contribution in [3.8, 4) is 0 Å². The first-order valence-electron chi connectivity index (χ1n) is 4.81. The van der Waals surface area contributed by atoms with Gasteiger partial charge >= 0.3 is 0 Å². The molecule has 2 rings (SSSR count). The third-order valence-electron chi connectivity index (χ3n) is 2.43. The number of alkyl halides is 2. The Kier molecular flexibility index (Phi) is 2.77. The van der Waals surface area contributed by atoms with Crippen LogP contribution in [0.15, 0.2) is 30.6 Å². The molecule has 1 aliphatic rings. The Morgan fingerprint density at radius 2 is 2.00 bits per heavy atom. The van der Waals surface area contributed by atoms with Crippen molar-refractivity contribution in [2.45, 2.75) is 6.43 Å². The molecule has 0 amide bonds. The fourth-order valence-electron chi connectivity index (χ4n) is 1.57. The van der Waals surface area contributed by atoms with E-state index in [1.165, 1.54) is 6.07 Å². The zero-order valence-electron chi connectivity index (χ0n) is 8.70. The predicted octanol–water partition coefficient (Wildman–Crippen LogP) is 2.94. The summed E-state index contributed by atoms with van der Waals surface area (Å²) < 4.78 is 38.0. The van der Waals surface area contributed by atoms with Crippen LogP contribution < -0.4 is 4.90 Å². The van der Waals surface area contributed by atoms with Gasteiger partial charge in [-0.15, -0.1) is 0 Å². The minimum atomic E-state index is -2.77. The smallest absolute Gasteiger partial charge is 0.266 e. The molecule has 0 aromatic heterocycles. The lowest BCUT2D eigenvalue weighted by Crippen LogP contribution is -2.21. The Morgan fingerprint density at radius 1 is 1.25 bits per heavy atom. The highest BCUT2D eigenvalue weighted by Crippen LogP contribution is 2.27. The van der Waals surface area contributed by atoms with Crippen LogP contribution in [-0.2, 0) is 0 Å². The van der Waals surface area contributed by atoms with E-state index in [-0.39, 0.29) is 0 Å². The maximum Gasteiger partial charge on any atom is 0.266 e. The molecule has 0 saturated carbocycles. The lowest BCUT2D eigenvalue weighted by atomic mass is 10.2. The molecule has 1 aromatic rings. The second-order valence-corrected chi connectivity index (χ2v) is 3.67. The van der Waals surface area contributed by atoms with Crippen molar-refractivity contribution < 1.29 is 13.2 Å². The second kappa shape index (κ2) is 4.08. The van der Waals surface area contributed by atoms with E-state index in [4.69, 9.17) is 0 Å². The van der Waals surface area contributed by atoms with Crippen molar-refractivity contribution in [1.82, 2.24) is 4.90 Å². The molecular formula is C11H11F3N2. The summed E-state index contributed by atoms with van der Waals surface area (Å²) in [6, 6.07) is 3.75. The molecule has 0 bridgehead atoms. The maximum atomic E-state index is 13.3. The molecule has 0 unspecified atom stereocenters. The van der Waals surface area contributed by atoms with Crippen LogP contribution in [0.2, 0.25) is 0 Å². The first kappa shape index (κ1) is 10.9. The number of hydrogen-bond donors (Lipinski definition) is 0. The topological polar surface area (TPSA) is 6.48 Å². The van der Waals surface area contributed by atoms with Crippen molar-refractivity contribution in [3.05, 3.63) is 42.0 Å². The van der Waals surface area contributed by atoms with Crippen LogP contribution in [0.4, 0.5) is 18.9 Å². The molecule has 0 fully saturated rings. The van der Waals surface area contributed by atoms with Gasteiger partial charge in [0.2, 0.25) is 0 Å². The molecule has 1 aliphatic heterocycles. The summed E-state index contributed by atoms with van der Waals surface area (Å²) >= 11 is 0. The summed E-state index contributed by atoms with van der Waals surface area (Å²) in [5.74, 6) is -0.865. The van der Waals surface area contributed by atoms with Gasteiger partial charge in [-0.1, -0.05) is 0 Å². The highest BCUT2D eigenvalue weighted by Gasteiger charge is 2.16. The molecule has 0 aliphatic carbocycles. The van der Waals surface area contributed by atoms with Gasteiger partial charge in [0.25, 0.3) is 6.43 Å². The van der Waals surface area contributed by atoms with E-state index < -0.39 is 17.8 Å². The lowest BCUT2D eigenvalue weighted by molar-refractivity contribution is 0.146. The number of halogens is 3. The first-order chi connectivity index (χ1) is 7.58. The first-order valence-corrected chi connectivity index (χ1v) is 4.81. The average molecular weight is 228 g/mol. The fraction of sp³-hybridized carbons (Fsp3) is 0.273. The predicted molar refractivity (Wildman–Crippen MR) is 55.6 cm³/mol. The third kappa shape index (κ3) is 1.98. The maximum absolute atomic E-state index is 13.3. The van der Waals surface area contributed by atoms with Crippen molar-refractivity contribution >= 4 is 5.69 Å². The standard InChI is InChI=1S/C11H11F3N2/c1-15-4-5-16(7-15)8-2-3-9(11(13)14)10(12)6-8/h2-6,11H,7H2,1H3. The van der Waals surface area contributed by atoms with Crippen LogP contribution >= 0.6 is 0 Å². The number of rotatable bonds is 2. The lowest BCUT2D eigenvalue weighted by Gasteiger charge is -2.18. The molecule has 0 radical (unpaired) electrons. The van der Waals surface area contributed by atoms with E-state index in [1.807, 2.05) is 18.1 Å². The monoisotopic (exact) mass is 228 g/mol. The van der Waals surface area contributed by atoms with E-state index in [0.717, 1.165) is 12.1 Å². The molecule has 1 aromatic carbocycles. The number of nitrogens with zero attached hydrogens (tertiary/aromatic N) is 2. The zero-order chi connectivity index (χ0) is 11.7. The summed E-state index contributed by atoms with van der Waals surface area (Å²) in [6.07, 6.45) is 0.835. The molecule has 86 valence electrons. The Balaban J connectivity index is 2.25. The van der Waals surface area contributed by atoms with Gasteiger partial charge in [0, 0.05) is 25.1 Å². The van der Waals surface area contributed by atoms with Gasteiger partial charge in [-0.25, -0.2) is 13.2 Å². The van der Waals surface area contributed by atoms with Gasteiger partial charge in [0.15, 0.2) is 0 Å². The van der Waals surface area contributed by atoms with Crippen LogP contribution in [0.3, 0.4) is 0 Å². The molecule has 0 spiro atoms. The molecule has 0 saturated heterocycles. The van der Waals surface area contributed by atoms with Crippen molar-refractivity contribution in [2.24, 2.45) is 0 Å². The van der Waals surface area contributed by atoms with E-state index in [2.05, 4.69) is 0 Å². The fourth-order valence-corrected chi connectivity index (χ4v) is 1.57. The second-order valence-electron chi connectivity index (χ2n) is 3.67. The summed E-state index contributed by atoms with van der Waals surface area (Å²) in [5, 5.41) is 0. The number of benzene rings is 1. The van der Waals surface area contributed by atoms with Gasteiger partial charge in [0.05, 0.1) is 12.2 Å². The zero-order valence-corrected chi connectivity index (χ0v) is 8.70. The van der Waals surface area contributed by atoms with Crippen LogP contribution in [-0.4, -0.2) is 18.6 Å². The van der Waals surface area contributed by atoms with Gasteiger partial charge in [-0.2, -0.15) is 0 Å². The van der Waals surface area contributed by atoms with Crippen LogP contribution in [0, 0.1) is 5.82 Å². The SMILES string of the molecule is CN1C=CN(c2ccc(C(F)F)c(F)c2)C1. The highest BCUT2D eigenvalue weighted by atomic mass is 19.3. The molecule has 1 heterocycles. The molecule has 0 N–H and O–H groups in total. The molecular weight excluding hydrogens is 217 g/mol. The molecule has 0 atom stereocenters. The van der Waals surface area contributed by atoms with Crippen molar-refractivity contribution in [2.75, 3.05) is 18.6 Å². The van der Waals surface area contributed by atoms with Crippen molar-refractivity contribution in [3.63, 3.8) is 0 Å². The Hall–Kier alpha value is -1.65. The van der Waals surface area contributed by atoms with E-state index in [1.54, 1.807) is 11.1 Å². The highest BCUT2D eigenvalue weighted by molar-refractivity contribution is 5.51. The largest absolute Gasteiger partial charge is 0.361 e. The third-order valence-corrected chi connectivity index (χ3v) is 2.43. The quantitative estimate of drug-likeness (QED) is 0.767. The van der Waals surface area contributed by atoms with Crippen LogP contribution in [0.5, 0.6) is 0 Å². The Bertz CT molecular complexity index is 418. The van der Waals surface area contributed by atoms with E-state index >= 15 is 0 Å².